The highest BCUT2D eigenvalue weighted by molar-refractivity contribution is 5.80. The monoisotopic (exact) mass is 193 g/mol. The van der Waals surface area contributed by atoms with Gasteiger partial charge in [0.2, 0.25) is 0 Å². The van der Waals surface area contributed by atoms with Crippen molar-refractivity contribution in [3.63, 3.8) is 0 Å². The van der Waals surface area contributed by atoms with Crippen molar-refractivity contribution in [3.05, 3.63) is 36.3 Å². The first-order valence-corrected chi connectivity index (χ1v) is 4.67. The summed E-state index contributed by atoms with van der Waals surface area (Å²) in [5, 5.41) is 9.60. The van der Waals surface area contributed by atoms with Crippen LogP contribution in [-0.4, -0.2) is 16.3 Å². The standard InChI is InChI=1S/C11H12FNO/c12-10-4-1-3-9-5-7-13(11(9)10)6-2-8-14/h1,3-5,7,14H,2,6,8H2. The zero-order chi connectivity index (χ0) is 9.97. The lowest BCUT2D eigenvalue weighted by Crippen LogP contribution is -1.99. The molecule has 0 atom stereocenters. The Morgan fingerprint density at radius 1 is 1.29 bits per heavy atom. The molecule has 2 rings (SSSR count). The van der Waals surface area contributed by atoms with E-state index in [0.717, 1.165) is 5.39 Å². The first-order chi connectivity index (χ1) is 6.83. The lowest BCUT2D eigenvalue weighted by atomic mass is 10.2. The Hall–Kier alpha value is -1.35. The van der Waals surface area contributed by atoms with E-state index in [4.69, 9.17) is 5.11 Å². The minimum atomic E-state index is -0.203. The summed E-state index contributed by atoms with van der Waals surface area (Å²) >= 11 is 0. The normalized spacial score (nSPS) is 11.0. The van der Waals surface area contributed by atoms with Crippen LogP contribution in [0.3, 0.4) is 0 Å². The van der Waals surface area contributed by atoms with Gasteiger partial charge in [0, 0.05) is 24.7 Å². The number of benzene rings is 1. The second-order valence-corrected chi connectivity index (χ2v) is 3.26. The smallest absolute Gasteiger partial charge is 0.147 e. The van der Waals surface area contributed by atoms with Crippen molar-refractivity contribution in [2.75, 3.05) is 6.61 Å². The summed E-state index contributed by atoms with van der Waals surface area (Å²) < 4.78 is 15.3. The van der Waals surface area contributed by atoms with Crippen molar-refractivity contribution in [2.45, 2.75) is 13.0 Å². The van der Waals surface area contributed by atoms with Crippen molar-refractivity contribution in [1.29, 1.82) is 0 Å². The molecular formula is C11H12FNO. The SMILES string of the molecule is OCCCn1ccc2cccc(F)c21. The second kappa shape index (κ2) is 3.80. The lowest BCUT2D eigenvalue weighted by Gasteiger charge is -2.03. The van der Waals surface area contributed by atoms with E-state index in [1.807, 2.05) is 22.9 Å². The third-order valence-corrected chi connectivity index (χ3v) is 2.30. The Balaban J connectivity index is 2.45. The van der Waals surface area contributed by atoms with Gasteiger partial charge < -0.3 is 9.67 Å². The molecular weight excluding hydrogens is 181 g/mol. The maximum Gasteiger partial charge on any atom is 0.147 e. The van der Waals surface area contributed by atoms with E-state index >= 15 is 0 Å². The molecule has 2 nitrogen and oxygen atoms in total. The topological polar surface area (TPSA) is 25.2 Å². The Bertz CT molecular complexity index is 436. The molecule has 0 unspecified atom stereocenters. The molecule has 1 N–H and O–H groups in total. The predicted molar refractivity (Wildman–Crippen MR) is 53.6 cm³/mol. The van der Waals surface area contributed by atoms with Crippen LogP contribution < -0.4 is 0 Å². The average Bonchev–Trinajstić information content (AvgIpc) is 2.59. The van der Waals surface area contributed by atoms with Gasteiger partial charge in [0.25, 0.3) is 0 Å². The van der Waals surface area contributed by atoms with E-state index in [1.165, 1.54) is 6.07 Å². The van der Waals surface area contributed by atoms with Crippen LogP contribution >= 0.6 is 0 Å². The Morgan fingerprint density at radius 3 is 2.93 bits per heavy atom. The molecule has 0 aliphatic heterocycles. The summed E-state index contributed by atoms with van der Waals surface area (Å²) in [6.07, 6.45) is 2.50. The summed E-state index contributed by atoms with van der Waals surface area (Å²) in [4.78, 5) is 0. The average molecular weight is 193 g/mol. The van der Waals surface area contributed by atoms with Gasteiger partial charge in [-0.25, -0.2) is 4.39 Å². The Labute approximate surface area is 81.6 Å². The van der Waals surface area contributed by atoms with E-state index in [1.54, 1.807) is 6.07 Å². The van der Waals surface area contributed by atoms with Crippen molar-refractivity contribution >= 4 is 10.9 Å². The van der Waals surface area contributed by atoms with Crippen LogP contribution in [0.5, 0.6) is 0 Å². The van der Waals surface area contributed by atoms with Crippen molar-refractivity contribution in [1.82, 2.24) is 4.57 Å². The summed E-state index contributed by atoms with van der Waals surface area (Å²) in [6, 6.07) is 6.93. The molecule has 3 heteroatoms. The minimum absolute atomic E-state index is 0.133. The molecule has 0 saturated carbocycles. The summed E-state index contributed by atoms with van der Waals surface area (Å²) in [6.45, 7) is 0.787. The number of nitrogens with zero attached hydrogens (tertiary/aromatic N) is 1. The maximum absolute atomic E-state index is 13.4. The van der Waals surface area contributed by atoms with Gasteiger partial charge in [0.15, 0.2) is 0 Å². The van der Waals surface area contributed by atoms with Gasteiger partial charge in [-0.05, 0) is 18.6 Å². The quantitative estimate of drug-likeness (QED) is 0.794. The van der Waals surface area contributed by atoms with E-state index in [0.29, 0.717) is 18.5 Å². The van der Waals surface area contributed by atoms with Crippen LogP contribution in [0.15, 0.2) is 30.5 Å². The van der Waals surface area contributed by atoms with E-state index in [9.17, 15) is 4.39 Å². The number of aryl methyl sites for hydroxylation is 1. The fourth-order valence-electron chi connectivity index (χ4n) is 1.64. The second-order valence-electron chi connectivity index (χ2n) is 3.26. The Kier molecular flexibility index (Phi) is 2.50. The third kappa shape index (κ3) is 1.51. The van der Waals surface area contributed by atoms with Crippen LogP contribution in [0.25, 0.3) is 10.9 Å². The van der Waals surface area contributed by atoms with Crippen molar-refractivity contribution < 1.29 is 9.50 Å². The number of rotatable bonds is 3. The number of aliphatic hydroxyl groups is 1. The first kappa shape index (κ1) is 9.21. The molecule has 2 aromatic rings. The molecule has 0 aliphatic carbocycles. The molecule has 1 aromatic carbocycles. The van der Waals surface area contributed by atoms with Gasteiger partial charge in [0.05, 0.1) is 5.52 Å². The number of halogens is 1. The predicted octanol–water partition coefficient (Wildman–Crippen LogP) is 2.16. The molecule has 14 heavy (non-hydrogen) atoms. The minimum Gasteiger partial charge on any atom is -0.396 e. The summed E-state index contributed by atoms with van der Waals surface area (Å²) in [7, 11) is 0. The van der Waals surface area contributed by atoms with Gasteiger partial charge >= 0.3 is 0 Å². The molecule has 0 fully saturated rings. The molecule has 0 radical (unpaired) electrons. The van der Waals surface area contributed by atoms with E-state index in [-0.39, 0.29) is 12.4 Å². The molecule has 1 aromatic heterocycles. The van der Waals surface area contributed by atoms with Crippen LogP contribution in [-0.2, 0) is 6.54 Å². The van der Waals surface area contributed by atoms with Crippen LogP contribution in [0.4, 0.5) is 4.39 Å². The highest BCUT2D eigenvalue weighted by Crippen LogP contribution is 2.19. The molecule has 0 spiro atoms. The number of hydrogen-bond donors (Lipinski definition) is 1. The van der Waals surface area contributed by atoms with Crippen molar-refractivity contribution in [3.8, 4) is 0 Å². The summed E-state index contributed by atoms with van der Waals surface area (Å²) in [5.41, 5.74) is 0.626. The van der Waals surface area contributed by atoms with Crippen LogP contribution in [0, 0.1) is 5.82 Å². The maximum atomic E-state index is 13.4. The third-order valence-electron chi connectivity index (χ3n) is 2.30. The first-order valence-electron chi connectivity index (χ1n) is 4.67. The highest BCUT2D eigenvalue weighted by Gasteiger charge is 2.04. The molecule has 74 valence electrons. The van der Waals surface area contributed by atoms with Gasteiger partial charge in [0.1, 0.15) is 5.82 Å². The van der Waals surface area contributed by atoms with Crippen LogP contribution in [0.2, 0.25) is 0 Å². The lowest BCUT2D eigenvalue weighted by molar-refractivity contribution is 0.280. The zero-order valence-corrected chi connectivity index (χ0v) is 7.78. The van der Waals surface area contributed by atoms with Gasteiger partial charge in [-0.1, -0.05) is 12.1 Å². The summed E-state index contributed by atoms with van der Waals surface area (Å²) in [5.74, 6) is -0.203. The number of aliphatic hydroxyl groups excluding tert-OH is 1. The van der Waals surface area contributed by atoms with Crippen LogP contribution in [0.1, 0.15) is 6.42 Å². The number of fused-ring (bicyclic) bond motifs is 1. The van der Waals surface area contributed by atoms with Gasteiger partial charge in [-0.2, -0.15) is 0 Å². The van der Waals surface area contributed by atoms with E-state index < -0.39 is 0 Å². The molecule has 0 bridgehead atoms. The fraction of sp³-hybridized carbons (Fsp3) is 0.273. The fourth-order valence-corrected chi connectivity index (χ4v) is 1.64. The molecule has 1 heterocycles. The van der Waals surface area contributed by atoms with Crippen molar-refractivity contribution in [2.24, 2.45) is 0 Å². The largest absolute Gasteiger partial charge is 0.396 e. The van der Waals surface area contributed by atoms with E-state index in [2.05, 4.69) is 0 Å². The van der Waals surface area contributed by atoms with Gasteiger partial charge in [-0.3, -0.25) is 0 Å². The Morgan fingerprint density at radius 2 is 2.14 bits per heavy atom. The number of hydrogen-bond acceptors (Lipinski definition) is 1. The van der Waals surface area contributed by atoms with Gasteiger partial charge in [-0.15, -0.1) is 0 Å². The number of aromatic nitrogens is 1. The molecule has 0 aliphatic rings. The highest BCUT2D eigenvalue weighted by atomic mass is 19.1. The zero-order valence-electron chi connectivity index (χ0n) is 7.78. The number of para-hydroxylation sites is 1. The molecule has 0 saturated heterocycles. The molecule has 0 amide bonds.